The molecule has 18 heavy (non-hydrogen) atoms. The molecule has 7 heteroatoms. The third-order valence-electron chi connectivity index (χ3n) is 1.49. The molecule has 0 aliphatic rings. The van der Waals surface area contributed by atoms with Crippen molar-refractivity contribution in [3.8, 4) is 0 Å². The molecular formula is C11H26N3O2PW. The second-order valence-electron chi connectivity index (χ2n) is 5.84. The number of hydrogen-bond donors (Lipinski definition) is 2. The molecule has 0 radical (unpaired) electrons. The van der Waals surface area contributed by atoms with Crippen LogP contribution in [0.1, 0.15) is 41.5 Å². The number of guanidine groups is 1. The molecule has 0 aromatic rings. The van der Waals surface area contributed by atoms with E-state index in [-0.39, 0.29) is 11.2 Å². The number of aliphatic imine (C=N–C) groups is 1. The molecule has 108 valence electrons. The summed E-state index contributed by atoms with van der Waals surface area (Å²) in [7, 11) is 3.55. The van der Waals surface area contributed by atoms with Gasteiger partial charge in [-0.3, -0.25) is 0 Å². The van der Waals surface area contributed by atoms with Gasteiger partial charge < -0.3 is 0 Å². The van der Waals surface area contributed by atoms with E-state index in [1.807, 2.05) is 48.6 Å². The van der Waals surface area contributed by atoms with Crippen LogP contribution in [0.3, 0.4) is 0 Å². The van der Waals surface area contributed by atoms with E-state index in [0.29, 0.717) is 5.96 Å². The summed E-state index contributed by atoms with van der Waals surface area (Å²) in [5.41, 5.74) is -2.69. The summed E-state index contributed by atoms with van der Waals surface area (Å²) < 4.78 is 12.3. The third-order valence-corrected chi connectivity index (χ3v) is 6.14. The van der Waals surface area contributed by atoms with E-state index >= 15 is 0 Å². The fourth-order valence-electron chi connectivity index (χ4n) is 1.13. The van der Waals surface area contributed by atoms with E-state index in [0.717, 1.165) is 0 Å². The molecule has 0 saturated heterocycles. The summed E-state index contributed by atoms with van der Waals surface area (Å²) in [6, 6.07) is 0. The molecule has 0 saturated carbocycles. The van der Waals surface area contributed by atoms with Crippen LogP contribution in [0.15, 0.2) is 4.99 Å². The maximum atomic E-state index is 6.13. The van der Waals surface area contributed by atoms with Crippen molar-refractivity contribution in [3.05, 3.63) is 0 Å². The molecule has 0 spiro atoms. The second kappa shape index (κ2) is 6.65. The molecule has 0 rings (SSSR count). The van der Waals surface area contributed by atoms with Gasteiger partial charge in [0.1, 0.15) is 0 Å². The van der Waals surface area contributed by atoms with Gasteiger partial charge in [-0.25, -0.2) is 0 Å². The van der Waals surface area contributed by atoms with E-state index < -0.39 is 5.50 Å². The Bertz CT molecular complexity index is 325. The molecule has 0 atom stereocenters. The number of rotatable bonds is 3. The van der Waals surface area contributed by atoms with Gasteiger partial charge in [-0.15, -0.1) is 0 Å². The van der Waals surface area contributed by atoms with Crippen molar-refractivity contribution in [1.82, 2.24) is 10.4 Å². The summed E-state index contributed by atoms with van der Waals surface area (Å²) in [6.07, 6.45) is 0. The van der Waals surface area contributed by atoms with Crippen LogP contribution in [0.5, 0.6) is 0 Å². The van der Waals surface area contributed by atoms with Crippen LogP contribution in [0.2, 0.25) is 0 Å². The van der Waals surface area contributed by atoms with Crippen LogP contribution in [0.4, 0.5) is 0 Å². The van der Waals surface area contributed by atoms with E-state index in [1.165, 1.54) is 18.8 Å². The number of nitrogens with one attached hydrogen (secondary N) is 2. The zero-order chi connectivity index (χ0) is 14.6. The molecule has 2 N–H and O–H groups in total. The third kappa shape index (κ3) is 8.42. The molecule has 0 bridgehead atoms. The molecule has 0 amide bonds. The Balaban J connectivity index is 5.11. The van der Waals surface area contributed by atoms with Gasteiger partial charge in [0.05, 0.1) is 0 Å². The summed E-state index contributed by atoms with van der Waals surface area (Å²) in [5.74, 6) is 0.687. The fourth-order valence-corrected chi connectivity index (χ4v) is 8.93. The Morgan fingerprint density at radius 1 is 1.06 bits per heavy atom. The number of hydrogen-bond acceptors (Lipinski definition) is 3. The van der Waals surface area contributed by atoms with Gasteiger partial charge in [-0.1, -0.05) is 0 Å². The van der Waals surface area contributed by atoms with Crippen LogP contribution >= 0.6 is 5.50 Å². The monoisotopic (exact) mass is 447 g/mol. The summed E-state index contributed by atoms with van der Waals surface area (Å²) in [6.45, 7) is 12.2. The fraction of sp³-hybridized carbons (Fsp3) is 0.909. The average molecular weight is 447 g/mol. The summed E-state index contributed by atoms with van der Waals surface area (Å²) in [4.78, 5) is 4.13. The zero-order valence-electron chi connectivity index (χ0n) is 12.6. The van der Waals surface area contributed by atoms with Crippen LogP contribution in [-0.2, 0) is 27.9 Å². The molecule has 0 aliphatic heterocycles. The van der Waals surface area contributed by atoms with Crippen LogP contribution in [0, 0.1) is 0 Å². The van der Waals surface area contributed by atoms with Crippen LogP contribution < -0.4 is 10.4 Å². The van der Waals surface area contributed by atoms with E-state index in [9.17, 15) is 0 Å². The standard InChI is InChI=1S/C11H26N3O2P.W/c1-10(2,3)15-17(16-11(4,5)6)14-9(12-7)13-8;/h1-8H3,(H2,12,13,14);. The van der Waals surface area contributed by atoms with Crippen LogP contribution in [0.25, 0.3) is 0 Å². The molecular weight excluding hydrogens is 421 g/mol. The molecule has 0 unspecified atom stereocenters. The van der Waals surface area contributed by atoms with Gasteiger partial charge >= 0.3 is 122 Å². The van der Waals surface area contributed by atoms with Crippen LogP contribution in [-0.4, -0.2) is 31.3 Å². The normalized spacial score (nSPS) is 14.6. The minimum atomic E-state index is -2.16. The van der Waals surface area contributed by atoms with Crippen molar-refractivity contribution < 1.29 is 27.9 Å². The van der Waals surface area contributed by atoms with Crippen molar-refractivity contribution in [1.29, 1.82) is 0 Å². The quantitative estimate of drug-likeness (QED) is 0.397. The van der Waals surface area contributed by atoms with Gasteiger partial charge in [0, 0.05) is 0 Å². The van der Waals surface area contributed by atoms with E-state index in [4.69, 9.17) is 9.05 Å². The minimum absolute atomic E-state index is 0.264. The van der Waals surface area contributed by atoms with Gasteiger partial charge in [-0.05, 0) is 0 Å². The molecule has 0 fully saturated rings. The summed E-state index contributed by atoms with van der Waals surface area (Å²) in [5, 5.41) is 6.28. The maximum absolute atomic E-state index is 6.13. The first-order valence-corrected chi connectivity index (χ1v) is 11.3. The van der Waals surface area contributed by atoms with Gasteiger partial charge in [0.2, 0.25) is 0 Å². The molecule has 5 nitrogen and oxygen atoms in total. The first-order chi connectivity index (χ1) is 7.91. The Hall–Kier alpha value is 0.308. The Morgan fingerprint density at radius 3 is 1.67 bits per heavy atom. The van der Waals surface area contributed by atoms with Crippen molar-refractivity contribution in [2.75, 3.05) is 14.1 Å². The Labute approximate surface area is 121 Å². The topological polar surface area (TPSA) is 54.9 Å². The van der Waals surface area contributed by atoms with Gasteiger partial charge in [0.15, 0.2) is 0 Å². The van der Waals surface area contributed by atoms with Crippen molar-refractivity contribution in [3.63, 3.8) is 0 Å². The Morgan fingerprint density at radius 2 is 1.44 bits per heavy atom. The van der Waals surface area contributed by atoms with Crippen molar-refractivity contribution >= 4 is 11.5 Å². The first-order valence-electron chi connectivity index (χ1n) is 5.85. The zero-order valence-corrected chi connectivity index (χ0v) is 16.4. The van der Waals surface area contributed by atoms with Gasteiger partial charge in [0.25, 0.3) is 0 Å². The molecule has 0 aromatic carbocycles. The molecule has 0 heterocycles. The molecule has 0 aliphatic carbocycles. The van der Waals surface area contributed by atoms with E-state index in [2.05, 4.69) is 15.4 Å². The Kier molecular flexibility index (Phi) is 6.76. The van der Waals surface area contributed by atoms with E-state index in [1.54, 1.807) is 7.05 Å². The predicted octanol–water partition coefficient (Wildman–Crippen LogP) is 2.64. The van der Waals surface area contributed by atoms with Crippen molar-refractivity contribution in [2.24, 2.45) is 4.99 Å². The predicted molar refractivity (Wildman–Crippen MR) is 74.2 cm³/mol. The summed E-state index contributed by atoms with van der Waals surface area (Å²) >= 11 is 1.25. The average Bonchev–Trinajstić information content (AvgIpc) is 2.07. The molecule has 0 aromatic heterocycles. The van der Waals surface area contributed by atoms with Gasteiger partial charge in [-0.2, -0.15) is 0 Å². The van der Waals surface area contributed by atoms with Crippen molar-refractivity contribution in [2.45, 2.75) is 52.7 Å². The first kappa shape index (κ1) is 18.3. The SMILES string of the molecule is CN=C(NC)N[P](=[W])(OC(C)(C)C)OC(C)(C)C. The number of nitrogens with zero attached hydrogens (tertiary/aromatic N) is 1. The second-order valence-corrected chi connectivity index (χ2v) is 12.6.